The molecule has 0 spiro atoms. The van der Waals surface area contributed by atoms with Crippen LogP contribution < -0.4 is 24.0 Å². The van der Waals surface area contributed by atoms with Crippen LogP contribution in [0.25, 0.3) is 10.8 Å². The second-order valence-electron chi connectivity index (χ2n) is 16.9. The Morgan fingerprint density at radius 1 is 0.875 bits per heavy atom. The zero-order chi connectivity index (χ0) is 44.3. The standard InChI is InChI=1S/C49H55N5O10/c1-4-24-62-49(58)54-39-30-43(42(59-3)28-37(39)46(56)53-31-33-13-6-5-12-32(33)27-40(53)47(54)64-45-17-9-10-25-61-45)60-26-11-16-44(55)52-19-18-35-34-14-7-8-15-36(34)41(29-38(35)52)63-48(57)51-22-20-50(2)21-23-51/h4-8,12-15,28-30,40,45,47H,1,9-11,16-27,31H2,2-3H3. The number of hydrogen-bond acceptors (Lipinski definition) is 11. The predicted molar refractivity (Wildman–Crippen MR) is 239 cm³/mol. The van der Waals surface area contributed by atoms with Gasteiger partial charge in [-0.15, -0.1) is 0 Å². The monoisotopic (exact) mass is 873 g/mol. The topological polar surface area (TPSA) is 140 Å². The molecule has 0 saturated carbocycles. The van der Waals surface area contributed by atoms with E-state index in [4.69, 9.17) is 28.4 Å². The summed E-state index contributed by atoms with van der Waals surface area (Å²) in [5, 5.41) is 1.78. The number of amides is 4. The van der Waals surface area contributed by atoms with E-state index in [0.717, 1.165) is 59.1 Å². The molecule has 4 aromatic carbocycles. The van der Waals surface area contributed by atoms with Crippen molar-refractivity contribution >= 4 is 46.1 Å². The number of rotatable bonds is 11. The van der Waals surface area contributed by atoms with Crippen LogP contribution in [0.5, 0.6) is 17.2 Å². The highest BCUT2D eigenvalue weighted by atomic mass is 16.7. The Morgan fingerprint density at radius 2 is 1.64 bits per heavy atom. The van der Waals surface area contributed by atoms with Crippen LogP contribution in [0.1, 0.15) is 59.2 Å². The lowest BCUT2D eigenvalue weighted by atomic mass is 9.92. The molecule has 2 fully saturated rings. The number of nitrogens with zero attached hydrogens (tertiary/aromatic N) is 5. The van der Waals surface area contributed by atoms with E-state index >= 15 is 0 Å². The van der Waals surface area contributed by atoms with Crippen molar-refractivity contribution in [2.45, 2.75) is 70.1 Å². The summed E-state index contributed by atoms with van der Waals surface area (Å²) in [5.74, 6) is 0.617. The molecule has 0 radical (unpaired) electrons. The molecule has 2 saturated heterocycles. The van der Waals surface area contributed by atoms with Gasteiger partial charge in [-0.05, 0) is 73.7 Å². The average molecular weight is 874 g/mol. The SMILES string of the molecule is C=CCOC(=O)N1c2cc(OCCCC(=O)N3CCc4c3cc(OC(=O)N3CCN(C)CC3)c3ccccc43)c(OC)cc2C(=O)N2Cc3ccccc3CC2C1OC1CCCCO1. The van der Waals surface area contributed by atoms with E-state index < -0.39 is 30.7 Å². The number of anilines is 2. The summed E-state index contributed by atoms with van der Waals surface area (Å²) >= 11 is 0. The zero-order valence-electron chi connectivity index (χ0n) is 36.5. The minimum atomic E-state index is -0.978. The first kappa shape index (κ1) is 43.1. The van der Waals surface area contributed by atoms with Crippen LogP contribution in [-0.2, 0) is 38.4 Å². The second-order valence-corrected chi connectivity index (χ2v) is 16.9. The third kappa shape index (κ3) is 8.59. The van der Waals surface area contributed by atoms with Crippen molar-refractivity contribution < 1.29 is 47.6 Å². The van der Waals surface area contributed by atoms with Gasteiger partial charge in [0.05, 0.1) is 36.7 Å². The third-order valence-corrected chi connectivity index (χ3v) is 12.9. The summed E-state index contributed by atoms with van der Waals surface area (Å²) in [5.41, 5.74) is 4.32. The van der Waals surface area contributed by atoms with Crippen molar-refractivity contribution in [3.05, 3.63) is 102 Å². The molecular weight excluding hydrogens is 819 g/mol. The molecule has 0 bridgehead atoms. The van der Waals surface area contributed by atoms with Gasteiger partial charge in [0.15, 0.2) is 24.0 Å². The van der Waals surface area contributed by atoms with Gasteiger partial charge in [-0.3, -0.25) is 9.59 Å². The van der Waals surface area contributed by atoms with Crippen LogP contribution in [0.4, 0.5) is 21.0 Å². The molecule has 0 N–H and O–H groups in total. The predicted octanol–water partition coefficient (Wildman–Crippen LogP) is 6.92. The first-order chi connectivity index (χ1) is 31.2. The van der Waals surface area contributed by atoms with Gasteiger partial charge in [0, 0.05) is 69.8 Å². The van der Waals surface area contributed by atoms with Gasteiger partial charge in [0.1, 0.15) is 12.4 Å². The van der Waals surface area contributed by atoms with Crippen molar-refractivity contribution in [1.82, 2.24) is 14.7 Å². The minimum absolute atomic E-state index is 0.0587. The van der Waals surface area contributed by atoms with Gasteiger partial charge in [0.25, 0.3) is 5.91 Å². The Morgan fingerprint density at radius 3 is 2.41 bits per heavy atom. The number of carbonyl (C=O) groups is 4. The maximum Gasteiger partial charge on any atom is 0.416 e. The van der Waals surface area contributed by atoms with Crippen molar-refractivity contribution in [3.8, 4) is 17.2 Å². The van der Waals surface area contributed by atoms with E-state index in [1.54, 1.807) is 26.8 Å². The highest BCUT2D eigenvalue weighted by Crippen LogP contribution is 2.44. The van der Waals surface area contributed by atoms with Gasteiger partial charge in [-0.2, -0.15) is 0 Å². The summed E-state index contributed by atoms with van der Waals surface area (Å²) in [6.07, 6.45) is 2.87. The lowest BCUT2D eigenvalue weighted by molar-refractivity contribution is -0.197. The molecule has 3 unspecified atom stereocenters. The van der Waals surface area contributed by atoms with E-state index in [2.05, 4.69) is 11.5 Å². The molecule has 5 aliphatic rings. The van der Waals surface area contributed by atoms with Crippen molar-refractivity contribution in [2.75, 3.05) is 76.5 Å². The molecule has 15 nitrogen and oxygen atoms in total. The zero-order valence-corrected chi connectivity index (χ0v) is 36.5. The smallest absolute Gasteiger partial charge is 0.416 e. The highest BCUT2D eigenvalue weighted by Gasteiger charge is 2.48. The van der Waals surface area contributed by atoms with Crippen LogP contribution in [-0.4, -0.2) is 124 Å². The second kappa shape index (κ2) is 18.9. The van der Waals surface area contributed by atoms with Crippen LogP contribution in [0, 0.1) is 0 Å². The Labute approximate surface area is 372 Å². The number of methoxy groups -OCH3 is 1. The Kier molecular flexibility index (Phi) is 12.7. The Bertz CT molecular complexity index is 2430. The number of benzene rings is 4. The Hall–Kier alpha value is -6.16. The third-order valence-electron chi connectivity index (χ3n) is 12.9. The summed E-state index contributed by atoms with van der Waals surface area (Å²) in [6, 6.07) is 20.3. The van der Waals surface area contributed by atoms with Gasteiger partial charge in [-0.25, -0.2) is 14.5 Å². The molecular formula is C49H55N5O10. The first-order valence-corrected chi connectivity index (χ1v) is 22.3. The maximum atomic E-state index is 14.7. The largest absolute Gasteiger partial charge is 0.493 e. The molecule has 15 heteroatoms. The lowest BCUT2D eigenvalue weighted by Crippen LogP contribution is -2.58. The van der Waals surface area contributed by atoms with Gasteiger partial charge >= 0.3 is 12.2 Å². The fourth-order valence-corrected chi connectivity index (χ4v) is 9.48. The highest BCUT2D eigenvalue weighted by molar-refractivity contribution is 6.06. The molecule has 64 heavy (non-hydrogen) atoms. The van der Waals surface area contributed by atoms with Crippen LogP contribution in [0.2, 0.25) is 0 Å². The molecule has 3 atom stereocenters. The van der Waals surface area contributed by atoms with Crippen LogP contribution >= 0.6 is 0 Å². The van der Waals surface area contributed by atoms with Crippen molar-refractivity contribution in [2.24, 2.45) is 0 Å². The fourth-order valence-electron chi connectivity index (χ4n) is 9.48. The molecule has 0 aromatic heterocycles. The van der Waals surface area contributed by atoms with Crippen molar-refractivity contribution in [1.29, 1.82) is 0 Å². The van der Waals surface area contributed by atoms with Gasteiger partial charge in [-0.1, -0.05) is 61.2 Å². The number of likely N-dealkylation sites (N-methyl/N-ethyl adjacent to an activating group) is 1. The number of carbonyl (C=O) groups excluding carboxylic acids is 4. The molecule has 9 rings (SSSR count). The molecule has 4 amide bonds. The number of hydrogen-bond donors (Lipinski definition) is 0. The van der Waals surface area contributed by atoms with E-state index in [9.17, 15) is 19.2 Å². The molecule has 5 heterocycles. The quantitative estimate of drug-likeness (QED) is 0.115. The molecule has 0 aliphatic carbocycles. The summed E-state index contributed by atoms with van der Waals surface area (Å²) in [6.45, 7) is 7.85. The van der Waals surface area contributed by atoms with E-state index in [0.29, 0.717) is 70.0 Å². The molecule has 5 aliphatic heterocycles. The Balaban J connectivity index is 0.958. The lowest BCUT2D eigenvalue weighted by Gasteiger charge is -2.43. The van der Waals surface area contributed by atoms with Gasteiger partial charge < -0.3 is 48.0 Å². The maximum absolute atomic E-state index is 14.7. The minimum Gasteiger partial charge on any atom is -0.493 e. The van der Waals surface area contributed by atoms with E-state index in [1.807, 2.05) is 61.6 Å². The molecule has 4 aromatic rings. The van der Waals surface area contributed by atoms with Crippen LogP contribution in [0.3, 0.4) is 0 Å². The van der Waals surface area contributed by atoms with Crippen molar-refractivity contribution in [3.63, 3.8) is 0 Å². The number of piperazine rings is 1. The van der Waals surface area contributed by atoms with E-state index in [-0.39, 0.29) is 48.4 Å². The van der Waals surface area contributed by atoms with Gasteiger partial charge in [0.2, 0.25) is 5.91 Å². The average Bonchev–Trinajstić information content (AvgIpc) is 3.73. The van der Waals surface area contributed by atoms with E-state index in [1.165, 1.54) is 18.1 Å². The molecule has 336 valence electrons. The number of ether oxygens (including phenoxy) is 6. The number of fused-ring (bicyclic) bond motifs is 6. The van der Waals surface area contributed by atoms with Crippen LogP contribution in [0.15, 0.2) is 79.4 Å². The fraction of sp³-hybridized carbons (Fsp3) is 0.429. The first-order valence-electron chi connectivity index (χ1n) is 22.3. The summed E-state index contributed by atoms with van der Waals surface area (Å²) in [4.78, 5) is 65.1. The summed E-state index contributed by atoms with van der Waals surface area (Å²) in [7, 11) is 3.53. The normalized spacial score (nSPS) is 20.7. The summed E-state index contributed by atoms with van der Waals surface area (Å²) < 4.78 is 36.7.